The van der Waals surface area contributed by atoms with Gasteiger partial charge in [-0.2, -0.15) is 15.2 Å². The number of hydroxylamine groups is 1. The third-order valence-corrected chi connectivity index (χ3v) is 6.45. The van der Waals surface area contributed by atoms with Gasteiger partial charge in [-0.15, -0.1) is 0 Å². The van der Waals surface area contributed by atoms with Crippen LogP contribution in [-0.2, 0) is 4.84 Å². The lowest BCUT2D eigenvalue weighted by Crippen LogP contribution is -2.31. The minimum Gasteiger partial charge on any atom is -0.358 e. The Bertz CT molecular complexity index is 1140. The molecule has 10 heteroatoms. The van der Waals surface area contributed by atoms with Crippen molar-refractivity contribution in [2.24, 2.45) is 5.41 Å². The molecule has 1 aliphatic heterocycles. The Morgan fingerprint density at radius 3 is 2.70 bits per heavy atom. The van der Waals surface area contributed by atoms with Crippen LogP contribution < -0.4 is 21.0 Å². The number of carbonyl (C=O) groups is 1. The van der Waals surface area contributed by atoms with Crippen molar-refractivity contribution in [1.82, 2.24) is 20.3 Å². The topological polar surface area (TPSA) is 118 Å². The summed E-state index contributed by atoms with van der Waals surface area (Å²) in [7, 11) is 5.50. The lowest BCUT2D eigenvalue weighted by Gasteiger charge is -2.28. The Morgan fingerprint density at radius 1 is 1.32 bits per heavy atom. The molecule has 10 nitrogen and oxygen atoms in total. The van der Waals surface area contributed by atoms with Gasteiger partial charge < -0.3 is 20.4 Å². The monoisotopic (exact) mass is 508 g/mol. The number of amides is 1. The fourth-order valence-electron chi connectivity index (χ4n) is 4.66. The van der Waals surface area contributed by atoms with E-state index in [-0.39, 0.29) is 11.3 Å². The molecule has 0 bridgehead atoms. The smallest absolute Gasteiger partial charge is 0.274 e. The molecule has 1 atom stereocenters. The SMILES string of the molecule is CONC(=O)c1ccc(C)c(Nc2nc(NCCC3CCCN3C)nc(N(C)CC(C)(C)C)c2C#N)c1. The summed E-state index contributed by atoms with van der Waals surface area (Å²) in [6.45, 7) is 10.9. The van der Waals surface area contributed by atoms with Gasteiger partial charge in [-0.3, -0.25) is 9.63 Å². The molecular formula is C27H40N8O2. The molecule has 1 aromatic heterocycles. The highest BCUT2D eigenvalue weighted by atomic mass is 16.6. The lowest BCUT2D eigenvalue weighted by atomic mass is 9.96. The third kappa shape index (κ3) is 7.54. The van der Waals surface area contributed by atoms with Crippen LogP contribution in [0.15, 0.2) is 18.2 Å². The van der Waals surface area contributed by atoms with Crippen molar-refractivity contribution < 1.29 is 9.63 Å². The van der Waals surface area contributed by atoms with Crippen LogP contribution in [0.25, 0.3) is 0 Å². The molecule has 1 unspecified atom stereocenters. The van der Waals surface area contributed by atoms with Crippen molar-refractivity contribution in [2.75, 3.05) is 56.4 Å². The molecule has 3 rings (SSSR count). The first-order valence-corrected chi connectivity index (χ1v) is 12.7. The van der Waals surface area contributed by atoms with E-state index in [1.165, 1.54) is 20.0 Å². The second-order valence-electron chi connectivity index (χ2n) is 10.9. The Kier molecular flexibility index (Phi) is 9.29. The quantitative estimate of drug-likeness (QED) is 0.408. The summed E-state index contributed by atoms with van der Waals surface area (Å²) >= 11 is 0. The number of likely N-dealkylation sites (tertiary alicyclic amines) is 1. The van der Waals surface area contributed by atoms with E-state index in [0.717, 1.165) is 25.1 Å². The van der Waals surface area contributed by atoms with E-state index in [9.17, 15) is 10.1 Å². The number of rotatable bonds is 10. The van der Waals surface area contributed by atoms with Gasteiger partial charge in [0.1, 0.15) is 11.6 Å². The van der Waals surface area contributed by atoms with Crippen LogP contribution in [0.1, 0.15) is 61.5 Å². The molecule has 0 spiro atoms. The van der Waals surface area contributed by atoms with Crippen molar-refractivity contribution in [3.05, 3.63) is 34.9 Å². The molecule has 1 aliphatic rings. The Balaban J connectivity index is 1.96. The fraction of sp³-hybridized carbons (Fsp3) is 0.556. The summed E-state index contributed by atoms with van der Waals surface area (Å²) in [5.41, 5.74) is 4.67. The molecule has 0 radical (unpaired) electrons. The predicted octanol–water partition coefficient (Wildman–Crippen LogP) is 4.07. The van der Waals surface area contributed by atoms with Crippen LogP contribution >= 0.6 is 0 Å². The normalized spacial score (nSPS) is 15.8. The van der Waals surface area contributed by atoms with E-state index < -0.39 is 0 Å². The van der Waals surface area contributed by atoms with Crippen LogP contribution in [0.3, 0.4) is 0 Å². The standard InChI is InChI=1S/C27H40N8O2/c1-18-10-11-19(25(36)33-37-7)15-22(18)30-23-21(16-28)24(35(6)17-27(2,3)4)32-26(31-23)29-13-12-20-9-8-14-34(20)5/h10-11,15,20H,8-9,12-14,17H2,1-7H3,(H,33,36)(H2,29,30,31,32). The van der Waals surface area contributed by atoms with E-state index in [2.05, 4.69) is 54.9 Å². The summed E-state index contributed by atoms with van der Waals surface area (Å²) in [4.78, 5) is 30.9. The van der Waals surface area contributed by atoms with Gasteiger partial charge in [0.2, 0.25) is 5.95 Å². The minimum atomic E-state index is -0.362. The minimum absolute atomic E-state index is 0.000295. The fourth-order valence-corrected chi connectivity index (χ4v) is 4.66. The van der Waals surface area contributed by atoms with Crippen LogP contribution in [0, 0.1) is 23.7 Å². The van der Waals surface area contributed by atoms with Crippen molar-refractivity contribution in [1.29, 1.82) is 5.26 Å². The van der Waals surface area contributed by atoms with Crippen molar-refractivity contribution in [3.63, 3.8) is 0 Å². The summed E-state index contributed by atoms with van der Waals surface area (Å²) in [6, 6.07) is 8.12. The molecule has 3 N–H and O–H groups in total. The van der Waals surface area contributed by atoms with Crippen LogP contribution in [0.2, 0.25) is 0 Å². The van der Waals surface area contributed by atoms with Crippen LogP contribution in [0.4, 0.5) is 23.3 Å². The number of hydrogen-bond donors (Lipinski definition) is 3. The number of hydrogen-bond acceptors (Lipinski definition) is 9. The number of nitrogens with zero attached hydrogens (tertiary/aromatic N) is 5. The van der Waals surface area contributed by atoms with E-state index in [1.54, 1.807) is 12.1 Å². The average Bonchev–Trinajstić information content (AvgIpc) is 3.23. The number of anilines is 4. The Morgan fingerprint density at radius 2 is 2.08 bits per heavy atom. The summed E-state index contributed by atoms with van der Waals surface area (Å²) in [6.07, 6.45) is 3.42. The molecule has 1 saturated heterocycles. The van der Waals surface area contributed by atoms with E-state index >= 15 is 0 Å². The Labute approximate surface area is 220 Å². The number of nitrogens with one attached hydrogen (secondary N) is 3. The molecule has 2 aromatic rings. The molecular weight excluding hydrogens is 468 g/mol. The maximum Gasteiger partial charge on any atom is 0.274 e. The van der Waals surface area contributed by atoms with Gasteiger partial charge in [-0.05, 0) is 62.9 Å². The van der Waals surface area contributed by atoms with Gasteiger partial charge in [-0.1, -0.05) is 26.8 Å². The first-order chi connectivity index (χ1) is 17.5. The molecule has 1 fully saturated rings. The molecule has 1 aromatic carbocycles. The van der Waals surface area contributed by atoms with Crippen molar-refractivity contribution in [2.45, 2.75) is 53.0 Å². The van der Waals surface area contributed by atoms with Gasteiger partial charge in [0.05, 0.1) is 7.11 Å². The van der Waals surface area contributed by atoms with Gasteiger partial charge >= 0.3 is 0 Å². The number of aryl methyl sites for hydroxylation is 1. The van der Waals surface area contributed by atoms with Crippen LogP contribution in [0.5, 0.6) is 0 Å². The lowest BCUT2D eigenvalue weighted by molar-refractivity contribution is 0.0537. The zero-order valence-corrected chi connectivity index (χ0v) is 23.1. The van der Waals surface area contributed by atoms with Crippen LogP contribution in [-0.4, -0.2) is 67.7 Å². The second kappa shape index (κ2) is 12.2. The zero-order chi connectivity index (χ0) is 27.2. The van der Waals surface area contributed by atoms with Gasteiger partial charge in [0.15, 0.2) is 11.6 Å². The highest BCUT2D eigenvalue weighted by Crippen LogP contribution is 2.31. The van der Waals surface area contributed by atoms with Gasteiger partial charge in [-0.25, -0.2) is 5.48 Å². The average molecular weight is 509 g/mol. The zero-order valence-electron chi connectivity index (χ0n) is 23.1. The van der Waals surface area contributed by atoms with E-state index in [0.29, 0.717) is 47.0 Å². The van der Waals surface area contributed by atoms with Crippen molar-refractivity contribution >= 4 is 29.2 Å². The molecule has 0 aliphatic carbocycles. The number of carbonyl (C=O) groups excluding carboxylic acids is 1. The first kappa shape index (κ1) is 28.2. The summed E-state index contributed by atoms with van der Waals surface area (Å²) in [5, 5.41) is 16.8. The highest BCUT2D eigenvalue weighted by Gasteiger charge is 2.23. The van der Waals surface area contributed by atoms with Crippen molar-refractivity contribution in [3.8, 4) is 6.07 Å². The summed E-state index contributed by atoms with van der Waals surface area (Å²) < 4.78 is 0. The second-order valence-corrected chi connectivity index (χ2v) is 10.9. The molecule has 200 valence electrons. The largest absolute Gasteiger partial charge is 0.358 e. The van der Waals surface area contributed by atoms with E-state index in [1.807, 2.05) is 24.9 Å². The third-order valence-electron chi connectivity index (χ3n) is 6.45. The highest BCUT2D eigenvalue weighted by molar-refractivity contribution is 5.95. The molecule has 0 saturated carbocycles. The molecule has 2 heterocycles. The molecule has 1 amide bonds. The molecule has 37 heavy (non-hydrogen) atoms. The first-order valence-electron chi connectivity index (χ1n) is 12.7. The van der Waals surface area contributed by atoms with Gasteiger partial charge in [0, 0.05) is 37.4 Å². The Hall–Kier alpha value is -3.42. The summed E-state index contributed by atoms with van der Waals surface area (Å²) in [5.74, 6) is 1.05. The maximum atomic E-state index is 12.3. The van der Waals surface area contributed by atoms with Gasteiger partial charge in [0.25, 0.3) is 5.91 Å². The number of benzene rings is 1. The van der Waals surface area contributed by atoms with E-state index in [4.69, 9.17) is 14.8 Å². The predicted molar refractivity (Wildman–Crippen MR) is 147 cm³/mol. The number of aromatic nitrogens is 2. The maximum absolute atomic E-state index is 12.3. The number of nitriles is 1.